The lowest BCUT2D eigenvalue weighted by molar-refractivity contribution is -0.137. The van der Waals surface area contributed by atoms with Crippen molar-refractivity contribution in [2.45, 2.75) is 30.2 Å². The molecule has 0 saturated carbocycles. The molecule has 0 aliphatic rings. The van der Waals surface area contributed by atoms with Crippen LogP contribution in [0.4, 0.5) is 13.2 Å². The highest BCUT2D eigenvalue weighted by molar-refractivity contribution is 7.98. The number of imidazole rings is 1. The summed E-state index contributed by atoms with van der Waals surface area (Å²) in [6.45, 7) is -0.122. The fourth-order valence-corrected chi connectivity index (χ4v) is 3.73. The largest absolute Gasteiger partial charge is 0.416 e. The Morgan fingerprint density at radius 2 is 1.93 bits per heavy atom. The summed E-state index contributed by atoms with van der Waals surface area (Å²) in [7, 11) is 0. The van der Waals surface area contributed by atoms with Crippen molar-refractivity contribution in [2.24, 2.45) is 0 Å². The second-order valence-corrected chi connectivity index (χ2v) is 6.97. The molecule has 3 rings (SSSR count). The summed E-state index contributed by atoms with van der Waals surface area (Å²) in [5, 5.41) is 19.3. The van der Waals surface area contributed by atoms with Crippen molar-refractivity contribution in [3.63, 3.8) is 0 Å². The zero-order valence-corrected chi connectivity index (χ0v) is 15.5. The number of rotatable bonds is 6. The number of nitriles is 1. The first-order valence-electron chi connectivity index (χ1n) is 8.34. The van der Waals surface area contributed by atoms with Gasteiger partial charge in [-0.25, -0.2) is 4.98 Å². The van der Waals surface area contributed by atoms with Crippen LogP contribution in [0.3, 0.4) is 0 Å². The zero-order chi connectivity index (χ0) is 20.1. The lowest BCUT2D eigenvalue weighted by atomic mass is 10.1. The van der Waals surface area contributed by atoms with Gasteiger partial charge in [-0.3, -0.25) is 0 Å². The fraction of sp³-hybridized carbons (Fsp3) is 0.200. The Morgan fingerprint density at radius 1 is 1.14 bits per heavy atom. The van der Waals surface area contributed by atoms with Crippen molar-refractivity contribution in [1.82, 2.24) is 9.55 Å². The van der Waals surface area contributed by atoms with Crippen molar-refractivity contribution in [2.75, 3.05) is 0 Å². The molecule has 0 spiro atoms. The van der Waals surface area contributed by atoms with Crippen LogP contribution in [0, 0.1) is 11.3 Å². The van der Waals surface area contributed by atoms with Crippen LogP contribution in [0.5, 0.6) is 0 Å². The van der Waals surface area contributed by atoms with E-state index in [1.54, 1.807) is 22.8 Å². The van der Waals surface area contributed by atoms with Crippen molar-refractivity contribution in [3.05, 3.63) is 82.7 Å². The molecule has 1 heterocycles. The molecule has 2 aromatic carbocycles. The van der Waals surface area contributed by atoms with E-state index in [1.165, 1.54) is 24.0 Å². The summed E-state index contributed by atoms with van der Waals surface area (Å²) < 4.78 is 40.6. The van der Waals surface area contributed by atoms with Gasteiger partial charge in [-0.05, 0) is 29.3 Å². The Balaban J connectivity index is 1.84. The van der Waals surface area contributed by atoms with Gasteiger partial charge in [-0.1, -0.05) is 42.1 Å². The minimum absolute atomic E-state index is 0.155. The normalized spacial score (nSPS) is 11.4. The topological polar surface area (TPSA) is 61.8 Å². The van der Waals surface area contributed by atoms with Crippen molar-refractivity contribution < 1.29 is 18.3 Å². The summed E-state index contributed by atoms with van der Waals surface area (Å²) in [6, 6.07) is 14.4. The van der Waals surface area contributed by atoms with Gasteiger partial charge in [0, 0.05) is 12.3 Å². The van der Waals surface area contributed by atoms with Gasteiger partial charge < -0.3 is 9.67 Å². The number of aliphatic hydroxyl groups is 1. The van der Waals surface area contributed by atoms with E-state index >= 15 is 0 Å². The monoisotopic (exact) mass is 403 g/mol. The summed E-state index contributed by atoms with van der Waals surface area (Å²) in [5.74, 6) is 0.480. The molecule has 1 N–H and O–H groups in total. The Hall–Kier alpha value is -2.76. The molecule has 144 valence electrons. The number of alkyl halides is 3. The van der Waals surface area contributed by atoms with E-state index in [1.807, 2.05) is 12.1 Å². The highest BCUT2D eigenvalue weighted by Gasteiger charge is 2.30. The highest BCUT2D eigenvalue weighted by Crippen LogP contribution is 2.30. The van der Waals surface area contributed by atoms with Crippen LogP contribution in [-0.4, -0.2) is 14.7 Å². The third-order valence-electron chi connectivity index (χ3n) is 4.15. The Morgan fingerprint density at radius 3 is 2.64 bits per heavy atom. The van der Waals surface area contributed by atoms with Gasteiger partial charge in [0.25, 0.3) is 0 Å². The Kier molecular flexibility index (Phi) is 6.07. The van der Waals surface area contributed by atoms with E-state index in [-0.39, 0.29) is 13.2 Å². The number of benzene rings is 2. The van der Waals surface area contributed by atoms with Gasteiger partial charge in [-0.15, -0.1) is 0 Å². The van der Waals surface area contributed by atoms with E-state index in [0.717, 1.165) is 17.7 Å². The molecule has 0 bridgehead atoms. The van der Waals surface area contributed by atoms with Gasteiger partial charge in [-0.2, -0.15) is 18.4 Å². The molecule has 1 aromatic heterocycles. The first kappa shape index (κ1) is 20.0. The van der Waals surface area contributed by atoms with Crippen LogP contribution in [0.25, 0.3) is 0 Å². The standard InChI is InChI=1S/C20H16F3N3OS/c21-20(22,23)17-7-3-4-14(8-17)11-26-18(12-27)10-25-19(26)28-13-16-6-2-1-5-15(16)9-24/h1-8,10,27H,11-13H2. The third kappa shape index (κ3) is 4.55. The maximum absolute atomic E-state index is 13.0. The van der Waals surface area contributed by atoms with Gasteiger partial charge in [0.05, 0.1) is 35.7 Å². The maximum Gasteiger partial charge on any atom is 0.416 e. The van der Waals surface area contributed by atoms with Gasteiger partial charge in [0.15, 0.2) is 5.16 Å². The molecule has 0 atom stereocenters. The predicted molar refractivity (Wildman–Crippen MR) is 99.4 cm³/mol. The molecule has 0 unspecified atom stereocenters. The number of aliphatic hydroxyl groups excluding tert-OH is 1. The summed E-state index contributed by atoms with van der Waals surface area (Å²) in [6.07, 6.45) is -2.91. The molecule has 4 nitrogen and oxygen atoms in total. The van der Waals surface area contributed by atoms with Crippen molar-refractivity contribution in [3.8, 4) is 6.07 Å². The molecule has 8 heteroatoms. The summed E-state index contributed by atoms with van der Waals surface area (Å²) in [5.41, 5.74) is 1.66. The number of hydrogen-bond donors (Lipinski definition) is 1. The van der Waals surface area contributed by atoms with Crippen molar-refractivity contribution >= 4 is 11.8 Å². The minimum atomic E-state index is -4.41. The van der Waals surface area contributed by atoms with E-state index in [4.69, 9.17) is 0 Å². The van der Waals surface area contributed by atoms with Crippen LogP contribution in [0.15, 0.2) is 59.9 Å². The Bertz CT molecular complexity index is 1010. The average Bonchev–Trinajstić information content (AvgIpc) is 3.07. The number of halogens is 3. The van der Waals surface area contributed by atoms with E-state index in [0.29, 0.717) is 27.7 Å². The summed E-state index contributed by atoms with van der Waals surface area (Å²) in [4.78, 5) is 4.29. The van der Waals surface area contributed by atoms with Crippen LogP contribution < -0.4 is 0 Å². The van der Waals surface area contributed by atoms with E-state index < -0.39 is 11.7 Å². The maximum atomic E-state index is 13.0. The number of aromatic nitrogens is 2. The van der Waals surface area contributed by atoms with Crippen LogP contribution >= 0.6 is 11.8 Å². The van der Waals surface area contributed by atoms with Gasteiger partial charge >= 0.3 is 6.18 Å². The fourth-order valence-electron chi connectivity index (χ4n) is 2.73. The molecule has 0 saturated heterocycles. The highest BCUT2D eigenvalue weighted by atomic mass is 32.2. The number of thioether (sulfide) groups is 1. The summed E-state index contributed by atoms with van der Waals surface area (Å²) >= 11 is 1.36. The molecule has 0 aliphatic carbocycles. The molecule has 0 amide bonds. The lowest BCUT2D eigenvalue weighted by Crippen LogP contribution is -2.09. The SMILES string of the molecule is N#Cc1ccccc1CSc1ncc(CO)n1Cc1cccc(C(F)(F)F)c1. The van der Waals surface area contributed by atoms with Crippen LogP contribution in [0.1, 0.15) is 27.9 Å². The molecule has 0 aliphatic heterocycles. The second-order valence-electron chi connectivity index (χ2n) is 6.03. The van der Waals surface area contributed by atoms with Crippen LogP contribution in [-0.2, 0) is 25.1 Å². The van der Waals surface area contributed by atoms with Crippen LogP contribution in [0.2, 0.25) is 0 Å². The molecular weight excluding hydrogens is 387 g/mol. The van der Waals surface area contributed by atoms with E-state index in [2.05, 4.69) is 11.1 Å². The lowest BCUT2D eigenvalue weighted by Gasteiger charge is -2.13. The first-order chi connectivity index (χ1) is 13.4. The number of nitrogens with zero attached hydrogens (tertiary/aromatic N) is 3. The molecular formula is C20H16F3N3OS. The molecule has 3 aromatic rings. The van der Waals surface area contributed by atoms with Gasteiger partial charge in [0.2, 0.25) is 0 Å². The molecule has 28 heavy (non-hydrogen) atoms. The van der Waals surface area contributed by atoms with Crippen molar-refractivity contribution in [1.29, 1.82) is 5.26 Å². The average molecular weight is 403 g/mol. The van der Waals surface area contributed by atoms with E-state index in [9.17, 15) is 23.5 Å². The Labute approximate surface area is 164 Å². The quantitative estimate of drug-likeness (QED) is 0.611. The molecule has 0 radical (unpaired) electrons. The molecule has 0 fully saturated rings. The predicted octanol–water partition coefficient (Wildman–Crippen LogP) is 4.61. The second kappa shape index (κ2) is 8.50. The third-order valence-corrected chi connectivity index (χ3v) is 5.19. The number of hydrogen-bond acceptors (Lipinski definition) is 4. The minimum Gasteiger partial charge on any atom is -0.390 e. The zero-order valence-electron chi connectivity index (χ0n) is 14.6. The smallest absolute Gasteiger partial charge is 0.390 e. The first-order valence-corrected chi connectivity index (χ1v) is 9.33. The van der Waals surface area contributed by atoms with Gasteiger partial charge in [0.1, 0.15) is 0 Å².